The number of benzene rings is 1. The molecular formula is C16H26N2O3S. The SMILES string of the molecule is CCCCS(=O)(=O)N(Cc1cccc(CC)c1)C(=O)[C@@H](C)N. The molecular weight excluding hydrogens is 300 g/mol. The molecule has 1 rings (SSSR count). The van der Waals surface area contributed by atoms with Crippen LogP contribution in [-0.4, -0.2) is 30.4 Å². The second-order valence-corrected chi connectivity index (χ2v) is 7.49. The van der Waals surface area contributed by atoms with Crippen molar-refractivity contribution in [3.05, 3.63) is 35.4 Å². The molecule has 1 atom stereocenters. The predicted octanol–water partition coefficient (Wildman–Crippen LogP) is 2.05. The highest BCUT2D eigenvalue weighted by molar-refractivity contribution is 7.89. The first-order valence-electron chi connectivity index (χ1n) is 7.69. The van der Waals surface area contributed by atoms with E-state index in [1.807, 2.05) is 38.1 Å². The van der Waals surface area contributed by atoms with Gasteiger partial charge in [0.05, 0.1) is 18.3 Å². The minimum Gasteiger partial charge on any atom is -0.320 e. The minimum atomic E-state index is -3.64. The smallest absolute Gasteiger partial charge is 0.252 e. The number of aryl methyl sites for hydroxylation is 1. The van der Waals surface area contributed by atoms with Crippen LogP contribution in [0.4, 0.5) is 0 Å². The number of unbranched alkanes of at least 4 members (excludes halogenated alkanes) is 1. The summed E-state index contributed by atoms with van der Waals surface area (Å²) < 4.78 is 25.8. The lowest BCUT2D eigenvalue weighted by Crippen LogP contribution is -2.45. The zero-order chi connectivity index (χ0) is 16.8. The molecule has 1 aromatic rings. The Balaban J connectivity index is 3.07. The highest BCUT2D eigenvalue weighted by Crippen LogP contribution is 2.15. The molecule has 0 aliphatic carbocycles. The minimum absolute atomic E-state index is 0.0323. The fourth-order valence-electron chi connectivity index (χ4n) is 2.09. The standard InChI is InChI=1S/C16H26N2O3S/c1-4-6-10-22(20,21)18(16(19)13(3)17)12-15-9-7-8-14(5-2)11-15/h7-9,11,13H,4-6,10,12,17H2,1-3H3/t13-/m1/s1. The molecule has 1 aromatic carbocycles. The van der Waals surface area contributed by atoms with Crippen LogP contribution >= 0.6 is 0 Å². The van der Waals surface area contributed by atoms with Crippen LogP contribution in [0, 0.1) is 0 Å². The van der Waals surface area contributed by atoms with E-state index in [1.54, 1.807) is 0 Å². The molecule has 5 nitrogen and oxygen atoms in total. The van der Waals surface area contributed by atoms with Crippen molar-refractivity contribution >= 4 is 15.9 Å². The third-order valence-electron chi connectivity index (χ3n) is 3.45. The van der Waals surface area contributed by atoms with Crippen molar-refractivity contribution in [2.45, 2.75) is 52.6 Å². The Kier molecular flexibility index (Phi) is 7.03. The molecule has 6 heteroatoms. The van der Waals surface area contributed by atoms with Gasteiger partial charge < -0.3 is 5.73 Å². The summed E-state index contributed by atoms with van der Waals surface area (Å²) in [7, 11) is -3.64. The number of amides is 1. The molecule has 124 valence electrons. The first-order chi connectivity index (χ1) is 10.3. The van der Waals surface area contributed by atoms with E-state index in [1.165, 1.54) is 6.92 Å². The van der Waals surface area contributed by atoms with E-state index in [-0.39, 0.29) is 12.3 Å². The van der Waals surface area contributed by atoms with Crippen molar-refractivity contribution in [3.8, 4) is 0 Å². The molecule has 0 unspecified atom stereocenters. The van der Waals surface area contributed by atoms with Gasteiger partial charge in [0.15, 0.2) is 0 Å². The Morgan fingerprint density at radius 2 is 1.91 bits per heavy atom. The molecule has 0 saturated carbocycles. The largest absolute Gasteiger partial charge is 0.320 e. The van der Waals surface area contributed by atoms with Gasteiger partial charge >= 0.3 is 0 Å². The molecule has 2 N–H and O–H groups in total. The topological polar surface area (TPSA) is 80.5 Å². The Hall–Kier alpha value is -1.40. The van der Waals surface area contributed by atoms with Crippen LogP contribution in [0.5, 0.6) is 0 Å². The van der Waals surface area contributed by atoms with Crippen molar-refractivity contribution in [2.24, 2.45) is 5.73 Å². The number of nitrogens with two attached hydrogens (primary N) is 1. The van der Waals surface area contributed by atoms with Crippen LogP contribution in [-0.2, 0) is 27.8 Å². The first kappa shape index (κ1) is 18.6. The number of sulfonamides is 1. The monoisotopic (exact) mass is 326 g/mol. The van der Waals surface area contributed by atoms with E-state index < -0.39 is 22.0 Å². The van der Waals surface area contributed by atoms with Crippen molar-refractivity contribution in [1.82, 2.24) is 4.31 Å². The number of rotatable bonds is 8. The second kappa shape index (κ2) is 8.29. The Bertz CT molecular complexity index is 597. The highest BCUT2D eigenvalue weighted by atomic mass is 32.2. The zero-order valence-electron chi connectivity index (χ0n) is 13.6. The molecule has 0 heterocycles. The molecule has 0 spiro atoms. The summed E-state index contributed by atoms with van der Waals surface area (Å²) >= 11 is 0. The van der Waals surface area contributed by atoms with Gasteiger partial charge in [-0.15, -0.1) is 0 Å². The van der Waals surface area contributed by atoms with Crippen LogP contribution in [0.2, 0.25) is 0 Å². The number of carbonyl (C=O) groups excluding carboxylic acids is 1. The number of hydrogen-bond acceptors (Lipinski definition) is 4. The summed E-state index contributed by atoms with van der Waals surface area (Å²) in [6, 6.07) is 6.77. The Morgan fingerprint density at radius 1 is 1.27 bits per heavy atom. The van der Waals surface area contributed by atoms with Crippen LogP contribution in [0.15, 0.2) is 24.3 Å². The third-order valence-corrected chi connectivity index (χ3v) is 5.24. The summed E-state index contributed by atoms with van der Waals surface area (Å²) in [5.41, 5.74) is 7.52. The first-order valence-corrected chi connectivity index (χ1v) is 9.30. The Labute approximate surface area is 133 Å². The maximum absolute atomic E-state index is 12.4. The normalized spacial score (nSPS) is 12.9. The Morgan fingerprint density at radius 3 is 2.45 bits per heavy atom. The molecule has 0 aliphatic rings. The molecule has 22 heavy (non-hydrogen) atoms. The van der Waals surface area contributed by atoms with Gasteiger partial charge in [-0.05, 0) is 30.9 Å². The number of nitrogens with zero attached hydrogens (tertiary/aromatic N) is 1. The zero-order valence-corrected chi connectivity index (χ0v) is 14.4. The fourth-order valence-corrected chi connectivity index (χ4v) is 3.75. The third kappa shape index (κ3) is 5.10. The average molecular weight is 326 g/mol. The summed E-state index contributed by atoms with van der Waals surface area (Å²) in [4.78, 5) is 12.2. The van der Waals surface area contributed by atoms with Crippen LogP contribution in [0.1, 0.15) is 44.7 Å². The van der Waals surface area contributed by atoms with Gasteiger partial charge in [-0.1, -0.05) is 44.5 Å². The van der Waals surface area contributed by atoms with Crippen molar-refractivity contribution in [1.29, 1.82) is 0 Å². The fraction of sp³-hybridized carbons (Fsp3) is 0.562. The van der Waals surface area contributed by atoms with Crippen molar-refractivity contribution in [3.63, 3.8) is 0 Å². The lowest BCUT2D eigenvalue weighted by atomic mass is 10.1. The molecule has 0 saturated heterocycles. The van der Waals surface area contributed by atoms with Crippen molar-refractivity contribution in [2.75, 3.05) is 5.75 Å². The van der Waals surface area contributed by atoms with E-state index in [2.05, 4.69) is 0 Å². The second-order valence-electron chi connectivity index (χ2n) is 5.48. The van der Waals surface area contributed by atoms with E-state index in [9.17, 15) is 13.2 Å². The van der Waals surface area contributed by atoms with Crippen LogP contribution < -0.4 is 5.73 Å². The van der Waals surface area contributed by atoms with Crippen molar-refractivity contribution < 1.29 is 13.2 Å². The van der Waals surface area contributed by atoms with E-state index >= 15 is 0 Å². The molecule has 0 fully saturated rings. The number of hydrogen-bond donors (Lipinski definition) is 1. The summed E-state index contributed by atoms with van der Waals surface area (Å²) in [6.07, 6.45) is 2.14. The van der Waals surface area contributed by atoms with E-state index in [0.29, 0.717) is 6.42 Å². The van der Waals surface area contributed by atoms with Gasteiger partial charge in [0.25, 0.3) is 5.91 Å². The van der Waals surface area contributed by atoms with Crippen LogP contribution in [0.3, 0.4) is 0 Å². The molecule has 1 amide bonds. The summed E-state index contributed by atoms with van der Waals surface area (Å²) in [6.45, 7) is 5.49. The van der Waals surface area contributed by atoms with Gasteiger partial charge in [-0.2, -0.15) is 0 Å². The maximum atomic E-state index is 12.4. The maximum Gasteiger partial charge on any atom is 0.252 e. The quantitative estimate of drug-likeness (QED) is 0.793. The van der Waals surface area contributed by atoms with E-state index in [0.717, 1.165) is 28.3 Å². The highest BCUT2D eigenvalue weighted by Gasteiger charge is 2.29. The summed E-state index contributed by atoms with van der Waals surface area (Å²) in [5, 5.41) is 0. The molecule has 0 aromatic heterocycles. The lowest BCUT2D eigenvalue weighted by molar-refractivity contribution is -0.127. The molecule has 0 aliphatic heterocycles. The van der Waals surface area contributed by atoms with Crippen LogP contribution in [0.25, 0.3) is 0 Å². The average Bonchev–Trinajstić information content (AvgIpc) is 2.50. The molecule has 0 radical (unpaired) electrons. The van der Waals surface area contributed by atoms with Gasteiger partial charge in [0, 0.05) is 0 Å². The van der Waals surface area contributed by atoms with E-state index in [4.69, 9.17) is 5.73 Å². The molecule has 0 bridgehead atoms. The lowest BCUT2D eigenvalue weighted by Gasteiger charge is -2.24. The van der Waals surface area contributed by atoms with Gasteiger partial charge in [0.1, 0.15) is 0 Å². The van der Waals surface area contributed by atoms with Gasteiger partial charge in [-0.25, -0.2) is 12.7 Å². The predicted molar refractivity (Wildman–Crippen MR) is 88.7 cm³/mol. The number of carbonyl (C=O) groups is 1. The van der Waals surface area contributed by atoms with Gasteiger partial charge in [0.2, 0.25) is 10.0 Å². The van der Waals surface area contributed by atoms with Gasteiger partial charge in [-0.3, -0.25) is 4.79 Å². The summed E-state index contributed by atoms with van der Waals surface area (Å²) in [5.74, 6) is -0.590.